The van der Waals surface area contributed by atoms with Gasteiger partial charge in [-0.25, -0.2) is 4.68 Å². The number of hydrogen-bond donors (Lipinski definition) is 0. The van der Waals surface area contributed by atoms with E-state index >= 15 is 0 Å². The van der Waals surface area contributed by atoms with Crippen LogP contribution in [0, 0.1) is 0 Å². The fraction of sp³-hybridized carbons (Fsp3) is 0.182. The summed E-state index contributed by atoms with van der Waals surface area (Å²) in [5.41, 5.74) is 1.67. The van der Waals surface area contributed by atoms with Crippen LogP contribution in [0.2, 0.25) is 10.2 Å². The van der Waals surface area contributed by atoms with Gasteiger partial charge in [-0.1, -0.05) is 23.2 Å². The monoisotopic (exact) mass is 256 g/mol. The first kappa shape index (κ1) is 11.5. The summed E-state index contributed by atoms with van der Waals surface area (Å²) in [6.07, 6.45) is 0. The Balaban J connectivity index is 2.36. The second-order valence-corrected chi connectivity index (χ2v) is 4.10. The molecular formula is C11H10Cl2N2O. The number of aromatic nitrogens is 2. The molecule has 1 aromatic heterocycles. The molecule has 0 atom stereocenters. The molecular weight excluding hydrogens is 247 g/mol. The molecule has 84 valence electrons. The van der Waals surface area contributed by atoms with Crippen LogP contribution in [0.15, 0.2) is 30.3 Å². The van der Waals surface area contributed by atoms with Crippen LogP contribution in [0.25, 0.3) is 5.69 Å². The molecule has 0 unspecified atom stereocenters. The van der Waals surface area contributed by atoms with Gasteiger partial charge in [0, 0.05) is 18.2 Å². The number of methoxy groups -OCH3 is 1. The van der Waals surface area contributed by atoms with E-state index < -0.39 is 0 Å². The molecule has 0 aliphatic heterocycles. The highest BCUT2D eigenvalue weighted by atomic mass is 35.5. The van der Waals surface area contributed by atoms with Crippen LogP contribution in [-0.2, 0) is 11.3 Å². The molecule has 16 heavy (non-hydrogen) atoms. The van der Waals surface area contributed by atoms with Crippen molar-refractivity contribution in [2.24, 2.45) is 0 Å². The zero-order valence-corrected chi connectivity index (χ0v) is 10.2. The molecule has 5 heteroatoms. The van der Waals surface area contributed by atoms with Crippen LogP contribution >= 0.6 is 23.2 Å². The summed E-state index contributed by atoms with van der Waals surface area (Å²) in [5, 5.41) is 5.55. The number of nitrogens with zero attached hydrogens (tertiary/aromatic N) is 2. The maximum absolute atomic E-state index is 6.07. The van der Waals surface area contributed by atoms with Crippen molar-refractivity contribution in [3.8, 4) is 5.69 Å². The lowest BCUT2D eigenvalue weighted by molar-refractivity contribution is 0.181. The van der Waals surface area contributed by atoms with Gasteiger partial charge in [0.2, 0.25) is 0 Å². The minimum Gasteiger partial charge on any atom is -0.378 e. The van der Waals surface area contributed by atoms with E-state index in [1.54, 1.807) is 30.0 Å². The SMILES string of the molecule is COCc1cc(Cl)n(-c2ccc(Cl)cc2)n1. The predicted molar refractivity (Wildman–Crippen MR) is 64.3 cm³/mol. The standard InChI is InChI=1S/C11H10Cl2N2O/c1-16-7-9-6-11(13)15(14-9)10-4-2-8(12)3-5-10/h2-6H,7H2,1H3. The molecule has 0 saturated heterocycles. The third kappa shape index (κ3) is 2.38. The number of benzene rings is 1. The first-order valence-electron chi connectivity index (χ1n) is 4.70. The summed E-state index contributed by atoms with van der Waals surface area (Å²) >= 11 is 11.9. The van der Waals surface area contributed by atoms with Gasteiger partial charge >= 0.3 is 0 Å². The molecule has 1 aromatic carbocycles. The van der Waals surface area contributed by atoms with Gasteiger partial charge in [-0.2, -0.15) is 5.10 Å². The molecule has 0 aliphatic rings. The van der Waals surface area contributed by atoms with Crippen LogP contribution < -0.4 is 0 Å². The Kier molecular flexibility index (Phi) is 3.49. The van der Waals surface area contributed by atoms with E-state index in [1.165, 1.54) is 0 Å². The van der Waals surface area contributed by atoms with Crippen LogP contribution in [0.1, 0.15) is 5.69 Å². The average molecular weight is 257 g/mol. The predicted octanol–water partition coefficient (Wildman–Crippen LogP) is 3.33. The summed E-state index contributed by atoms with van der Waals surface area (Å²) in [6.45, 7) is 0.445. The van der Waals surface area contributed by atoms with Crippen LogP contribution in [0.4, 0.5) is 0 Å². The lowest BCUT2D eigenvalue weighted by Gasteiger charge is -2.02. The Morgan fingerprint density at radius 1 is 1.25 bits per heavy atom. The Bertz CT molecular complexity index is 479. The molecule has 2 rings (SSSR count). The summed E-state index contributed by atoms with van der Waals surface area (Å²) < 4.78 is 6.64. The van der Waals surface area contributed by atoms with Gasteiger partial charge in [-0.3, -0.25) is 0 Å². The van der Waals surface area contributed by atoms with E-state index in [1.807, 2.05) is 12.1 Å². The van der Waals surface area contributed by atoms with Crippen molar-refractivity contribution in [3.05, 3.63) is 46.2 Å². The van der Waals surface area contributed by atoms with E-state index in [9.17, 15) is 0 Å². The molecule has 0 N–H and O–H groups in total. The maximum atomic E-state index is 6.07. The van der Waals surface area contributed by atoms with E-state index in [-0.39, 0.29) is 0 Å². The highest BCUT2D eigenvalue weighted by Crippen LogP contribution is 2.19. The Labute approximate surface area is 104 Å². The lowest BCUT2D eigenvalue weighted by Crippen LogP contribution is -1.97. The molecule has 0 bridgehead atoms. The highest BCUT2D eigenvalue weighted by Gasteiger charge is 2.07. The topological polar surface area (TPSA) is 27.1 Å². The largest absolute Gasteiger partial charge is 0.378 e. The van der Waals surface area contributed by atoms with Crippen molar-refractivity contribution in [2.45, 2.75) is 6.61 Å². The third-order valence-electron chi connectivity index (χ3n) is 2.08. The van der Waals surface area contributed by atoms with Gasteiger partial charge in [-0.15, -0.1) is 0 Å². The Morgan fingerprint density at radius 2 is 1.94 bits per heavy atom. The highest BCUT2D eigenvalue weighted by molar-refractivity contribution is 6.30. The zero-order chi connectivity index (χ0) is 11.5. The van der Waals surface area contributed by atoms with Crippen LogP contribution in [-0.4, -0.2) is 16.9 Å². The lowest BCUT2D eigenvalue weighted by atomic mass is 10.3. The third-order valence-corrected chi connectivity index (χ3v) is 2.60. The van der Waals surface area contributed by atoms with E-state index in [0.717, 1.165) is 11.4 Å². The molecule has 0 saturated carbocycles. The van der Waals surface area contributed by atoms with Gasteiger partial charge in [-0.05, 0) is 24.3 Å². The second kappa shape index (κ2) is 4.87. The number of hydrogen-bond acceptors (Lipinski definition) is 2. The quantitative estimate of drug-likeness (QED) is 0.843. The fourth-order valence-electron chi connectivity index (χ4n) is 1.39. The minimum atomic E-state index is 0.445. The van der Waals surface area contributed by atoms with Crippen molar-refractivity contribution < 1.29 is 4.74 Å². The van der Waals surface area contributed by atoms with E-state index in [0.29, 0.717) is 16.8 Å². The smallest absolute Gasteiger partial charge is 0.133 e. The summed E-state index contributed by atoms with van der Waals surface area (Å²) in [7, 11) is 1.62. The average Bonchev–Trinajstić information content (AvgIpc) is 2.61. The first-order chi connectivity index (χ1) is 7.70. The van der Waals surface area contributed by atoms with Gasteiger partial charge in [0.15, 0.2) is 0 Å². The summed E-state index contributed by atoms with van der Waals surface area (Å²) in [5.74, 6) is 0. The van der Waals surface area contributed by atoms with Crippen molar-refractivity contribution in [1.82, 2.24) is 9.78 Å². The summed E-state index contributed by atoms with van der Waals surface area (Å²) in [4.78, 5) is 0. The van der Waals surface area contributed by atoms with Crippen molar-refractivity contribution in [2.75, 3.05) is 7.11 Å². The molecule has 3 nitrogen and oxygen atoms in total. The molecule has 1 heterocycles. The van der Waals surface area contributed by atoms with Gasteiger partial charge in [0.1, 0.15) is 5.15 Å². The molecule has 0 spiro atoms. The number of rotatable bonds is 3. The van der Waals surface area contributed by atoms with Gasteiger partial charge < -0.3 is 4.74 Å². The maximum Gasteiger partial charge on any atom is 0.133 e. The molecule has 0 aliphatic carbocycles. The van der Waals surface area contributed by atoms with Crippen molar-refractivity contribution in [1.29, 1.82) is 0 Å². The Morgan fingerprint density at radius 3 is 2.56 bits per heavy atom. The van der Waals surface area contributed by atoms with E-state index in [2.05, 4.69) is 5.10 Å². The molecule has 0 fully saturated rings. The van der Waals surface area contributed by atoms with Gasteiger partial charge in [0.25, 0.3) is 0 Å². The summed E-state index contributed by atoms with van der Waals surface area (Å²) in [6, 6.07) is 9.09. The van der Waals surface area contributed by atoms with Crippen molar-refractivity contribution >= 4 is 23.2 Å². The molecule has 2 aromatic rings. The number of halogens is 2. The molecule has 0 radical (unpaired) electrons. The normalized spacial score (nSPS) is 10.7. The van der Waals surface area contributed by atoms with Crippen LogP contribution in [0.3, 0.4) is 0 Å². The fourth-order valence-corrected chi connectivity index (χ4v) is 1.77. The van der Waals surface area contributed by atoms with E-state index in [4.69, 9.17) is 27.9 Å². The van der Waals surface area contributed by atoms with Crippen molar-refractivity contribution in [3.63, 3.8) is 0 Å². The van der Waals surface area contributed by atoms with Gasteiger partial charge in [0.05, 0.1) is 18.0 Å². The minimum absolute atomic E-state index is 0.445. The Hall–Kier alpha value is -1.03. The number of ether oxygens (including phenoxy) is 1. The first-order valence-corrected chi connectivity index (χ1v) is 5.45. The molecule has 0 amide bonds. The zero-order valence-electron chi connectivity index (χ0n) is 8.65. The second-order valence-electron chi connectivity index (χ2n) is 3.28. The van der Waals surface area contributed by atoms with Crippen LogP contribution in [0.5, 0.6) is 0 Å².